The summed E-state index contributed by atoms with van der Waals surface area (Å²) in [5.74, 6) is 2.57. The fourth-order valence-corrected chi connectivity index (χ4v) is 2.18. The number of para-hydroxylation sites is 1. The molecular weight excluding hydrogens is 306 g/mol. The van der Waals surface area contributed by atoms with Crippen molar-refractivity contribution < 1.29 is 4.74 Å². The quantitative estimate of drug-likeness (QED) is 0.437. The molecule has 1 aromatic carbocycles. The van der Waals surface area contributed by atoms with E-state index in [4.69, 9.17) is 16.3 Å². The molecule has 1 rings (SSSR count). The molecule has 0 fully saturated rings. The van der Waals surface area contributed by atoms with Crippen LogP contribution in [0.3, 0.4) is 0 Å². The highest BCUT2D eigenvalue weighted by molar-refractivity contribution is 7.98. The van der Waals surface area contributed by atoms with Crippen molar-refractivity contribution in [3.05, 3.63) is 29.3 Å². The van der Waals surface area contributed by atoms with Crippen molar-refractivity contribution in [2.75, 3.05) is 32.1 Å². The minimum absolute atomic E-state index is 0.0454. The van der Waals surface area contributed by atoms with Crippen LogP contribution in [0.1, 0.15) is 13.3 Å². The number of nitrogens with zero attached hydrogens (tertiary/aromatic N) is 1. The Morgan fingerprint density at radius 2 is 2.14 bits per heavy atom. The highest BCUT2D eigenvalue weighted by Gasteiger charge is 2.11. The first kappa shape index (κ1) is 18.0. The van der Waals surface area contributed by atoms with Crippen molar-refractivity contribution in [1.29, 1.82) is 0 Å². The topological polar surface area (TPSA) is 45.7 Å². The van der Waals surface area contributed by atoms with E-state index in [1.807, 2.05) is 24.3 Å². The second-order valence-electron chi connectivity index (χ2n) is 4.45. The molecule has 0 saturated carbocycles. The van der Waals surface area contributed by atoms with Crippen LogP contribution in [0.25, 0.3) is 0 Å². The highest BCUT2D eigenvalue weighted by atomic mass is 35.5. The molecule has 0 aromatic heterocycles. The molecule has 0 spiro atoms. The fraction of sp³-hybridized carbons (Fsp3) is 0.533. The van der Waals surface area contributed by atoms with E-state index in [1.54, 1.807) is 18.8 Å². The molecule has 0 amide bonds. The van der Waals surface area contributed by atoms with Gasteiger partial charge >= 0.3 is 0 Å². The Morgan fingerprint density at radius 1 is 1.38 bits per heavy atom. The zero-order chi connectivity index (χ0) is 15.5. The number of hydrogen-bond donors (Lipinski definition) is 2. The Labute approximate surface area is 136 Å². The van der Waals surface area contributed by atoms with Gasteiger partial charge in [0.05, 0.1) is 11.6 Å². The van der Waals surface area contributed by atoms with Crippen molar-refractivity contribution in [3.63, 3.8) is 0 Å². The van der Waals surface area contributed by atoms with E-state index in [0.717, 1.165) is 30.4 Å². The maximum Gasteiger partial charge on any atom is 0.191 e. The second kappa shape index (κ2) is 10.6. The Balaban J connectivity index is 2.45. The molecule has 1 unspecified atom stereocenters. The molecule has 4 nitrogen and oxygen atoms in total. The first-order valence-corrected chi connectivity index (χ1v) is 8.83. The predicted molar refractivity (Wildman–Crippen MR) is 93.9 cm³/mol. The largest absolute Gasteiger partial charge is 0.487 e. The number of aliphatic imine (C=N–C) groups is 1. The maximum atomic E-state index is 6.12. The number of thioether (sulfide) groups is 1. The number of nitrogens with one attached hydrogen (secondary N) is 2. The van der Waals surface area contributed by atoms with E-state index in [1.165, 1.54) is 0 Å². The van der Waals surface area contributed by atoms with E-state index in [0.29, 0.717) is 11.6 Å². The molecule has 0 aliphatic rings. The molecule has 0 saturated heterocycles. The predicted octanol–water partition coefficient (Wildman–Crippen LogP) is 3.03. The standard InChI is InChI=1S/C15H24ClN3OS/c1-4-12(20-14-8-6-5-7-13(14)16)11-19-15(17-2)18-9-10-21-3/h5-8,12H,4,9-11H2,1-3H3,(H2,17,18,19). The van der Waals surface area contributed by atoms with Crippen LogP contribution in [0.15, 0.2) is 29.3 Å². The summed E-state index contributed by atoms with van der Waals surface area (Å²) in [6.45, 7) is 3.66. The van der Waals surface area contributed by atoms with Gasteiger partial charge in [-0.1, -0.05) is 30.7 Å². The van der Waals surface area contributed by atoms with Crippen LogP contribution < -0.4 is 15.4 Å². The number of rotatable bonds is 8. The van der Waals surface area contributed by atoms with E-state index >= 15 is 0 Å². The highest BCUT2D eigenvalue weighted by Crippen LogP contribution is 2.24. The molecule has 1 atom stereocenters. The molecule has 6 heteroatoms. The zero-order valence-electron chi connectivity index (χ0n) is 12.9. The maximum absolute atomic E-state index is 6.12. The van der Waals surface area contributed by atoms with E-state index in [-0.39, 0.29) is 6.10 Å². The van der Waals surface area contributed by atoms with Gasteiger partial charge in [-0.05, 0) is 24.8 Å². The van der Waals surface area contributed by atoms with E-state index < -0.39 is 0 Å². The second-order valence-corrected chi connectivity index (χ2v) is 5.84. The molecule has 1 aromatic rings. The summed E-state index contributed by atoms with van der Waals surface area (Å²) in [5.41, 5.74) is 0. The number of hydrogen-bond acceptors (Lipinski definition) is 3. The SMILES string of the molecule is CCC(CNC(=NC)NCCSC)Oc1ccccc1Cl. The molecule has 0 bridgehead atoms. The summed E-state index contributed by atoms with van der Waals surface area (Å²) in [5, 5.41) is 7.18. The van der Waals surface area contributed by atoms with Crippen LogP contribution >= 0.6 is 23.4 Å². The Kier molecular flexibility index (Phi) is 9.10. The lowest BCUT2D eigenvalue weighted by Gasteiger charge is -2.20. The zero-order valence-corrected chi connectivity index (χ0v) is 14.4. The molecule has 118 valence electrons. The molecule has 0 aliphatic heterocycles. The van der Waals surface area contributed by atoms with Crippen molar-refractivity contribution in [3.8, 4) is 5.75 Å². The Bertz CT molecular complexity index is 443. The lowest BCUT2D eigenvalue weighted by Crippen LogP contribution is -2.43. The third-order valence-electron chi connectivity index (χ3n) is 2.91. The Hall–Kier alpha value is -1.07. The van der Waals surface area contributed by atoms with Crippen LogP contribution in [0, 0.1) is 0 Å². The van der Waals surface area contributed by atoms with Crippen LogP contribution in [-0.2, 0) is 0 Å². The number of benzene rings is 1. The molecule has 2 N–H and O–H groups in total. The van der Waals surface area contributed by atoms with E-state index in [2.05, 4.69) is 28.8 Å². The summed E-state index contributed by atoms with van der Waals surface area (Å²) in [6, 6.07) is 7.53. The number of halogens is 1. The molecule has 0 aliphatic carbocycles. The fourth-order valence-electron chi connectivity index (χ4n) is 1.69. The minimum atomic E-state index is 0.0454. The van der Waals surface area contributed by atoms with Gasteiger partial charge in [-0.3, -0.25) is 4.99 Å². The number of guanidine groups is 1. The third kappa shape index (κ3) is 6.96. The van der Waals surface area contributed by atoms with Crippen LogP contribution in [0.5, 0.6) is 5.75 Å². The lowest BCUT2D eigenvalue weighted by molar-refractivity contribution is 0.199. The van der Waals surface area contributed by atoms with Gasteiger partial charge in [0.1, 0.15) is 11.9 Å². The molecule has 0 heterocycles. The van der Waals surface area contributed by atoms with Crippen molar-refractivity contribution >= 4 is 29.3 Å². The summed E-state index contributed by atoms with van der Waals surface area (Å²) in [4.78, 5) is 4.19. The first-order valence-electron chi connectivity index (χ1n) is 7.05. The molecule has 21 heavy (non-hydrogen) atoms. The van der Waals surface area contributed by atoms with Crippen molar-refractivity contribution in [2.24, 2.45) is 4.99 Å². The van der Waals surface area contributed by atoms with Crippen molar-refractivity contribution in [2.45, 2.75) is 19.4 Å². The third-order valence-corrected chi connectivity index (χ3v) is 3.83. The van der Waals surface area contributed by atoms with Gasteiger partial charge in [0.25, 0.3) is 0 Å². The summed E-state index contributed by atoms with van der Waals surface area (Å²) in [6.07, 6.45) is 3.02. The van der Waals surface area contributed by atoms with Crippen LogP contribution in [-0.4, -0.2) is 44.2 Å². The van der Waals surface area contributed by atoms with Crippen molar-refractivity contribution in [1.82, 2.24) is 10.6 Å². The summed E-state index contributed by atoms with van der Waals surface area (Å²) in [7, 11) is 1.77. The van der Waals surface area contributed by atoms with Gasteiger partial charge in [0.2, 0.25) is 0 Å². The van der Waals surface area contributed by atoms with Gasteiger partial charge in [-0.2, -0.15) is 11.8 Å². The Morgan fingerprint density at radius 3 is 2.76 bits per heavy atom. The van der Waals surface area contributed by atoms with Gasteiger partial charge in [0.15, 0.2) is 5.96 Å². The molecule has 0 radical (unpaired) electrons. The van der Waals surface area contributed by atoms with Gasteiger partial charge in [0, 0.05) is 19.3 Å². The number of ether oxygens (including phenoxy) is 1. The summed E-state index contributed by atoms with van der Waals surface area (Å²) < 4.78 is 5.93. The normalized spacial score (nSPS) is 12.9. The minimum Gasteiger partial charge on any atom is -0.487 e. The average molecular weight is 330 g/mol. The smallest absolute Gasteiger partial charge is 0.191 e. The van der Waals surface area contributed by atoms with Gasteiger partial charge in [-0.25, -0.2) is 0 Å². The monoisotopic (exact) mass is 329 g/mol. The summed E-state index contributed by atoms with van der Waals surface area (Å²) >= 11 is 7.92. The van der Waals surface area contributed by atoms with Gasteiger partial charge in [-0.15, -0.1) is 0 Å². The first-order chi connectivity index (χ1) is 10.2. The lowest BCUT2D eigenvalue weighted by atomic mass is 10.2. The van der Waals surface area contributed by atoms with Crippen LogP contribution in [0.4, 0.5) is 0 Å². The molecular formula is C15H24ClN3OS. The van der Waals surface area contributed by atoms with Crippen LogP contribution in [0.2, 0.25) is 5.02 Å². The average Bonchev–Trinajstić information content (AvgIpc) is 2.51. The van der Waals surface area contributed by atoms with E-state index in [9.17, 15) is 0 Å². The van der Waals surface area contributed by atoms with Gasteiger partial charge < -0.3 is 15.4 Å².